The predicted molar refractivity (Wildman–Crippen MR) is 98.5 cm³/mol. The normalized spacial score (nSPS) is 13.8. The molecule has 3 rings (SSSR count). The molecule has 1 aliphatic heterocycles. The molecule has 142 valence electrons. The van der Waals surface area contributed by atoms with Crippen molar-refractivity contribution in [2.45, 2.75) is 13.3 Å². The van der Waals surface area contributed by atoms with Crippen molar-refractivity contribution in [3.63, 3.8) is 0 Å². The van der Waals surface area contributed by atoms with Crippen LogP contribution >= 0.6 is 0 Å². The molecule has 0 atom stereocenters. The van der Waals surface area contributed by atoms with Crippen molar-refractivity contribution < 1.29 is 19.1 Å². The summed E-state index contributed by atoms with van der Waals surface area (Å²) in [6, 6.07) is 10.7. The minimum Gasteiger partial charge on any atom is -0.477 e. The van der Waals surface area contributed by atoms with Crippen LogP contribution in [0.15, 0.2) is 36.4 Å². The molecule has 0 aliphatic carbocycles. The Morgan fingerprint density at radius 3 is 2.93 bits per heavy atom. The molecule has 8 nitrogen and oxygen atoms in total. The number of amides is 2. The number of carbonyl (C=O) groups excluding carboxylic acids is 2. The summed E-state index contributed by atoms with van der Waals surface area (Å²) in [5, 5.41) is 11.0. The number of hydrogen-bond acceptors (Lipinski definition) is 6. The molecule has 27 heavy (non-hydrogen) atoms. The van der Waals surface area contributed by atoms with Gasteiger partial charge in [0, 0.05) is 36.8 Å². The second kappa shape index (κ2) is 8.98. The molecule has 8 heteroatoms. The van der Waals surface area contributed by atoms with Gasteiger partial charge in [-0.1, -0.05) is 12.1 Å². The van der Waals surface area contributed by atoms with Gasteiger partial charge in [0.2, 0.25) is 5.88 Å². The van der Waals surface area contributed by atoms with Crippen LogP contribution in [0.5, 0.6) is 5.88 Å². The summed E-state index contributed by atoms with van der Waals surface area (Å²) >= 11 is 0. The zero-order valence-electron chi connectivity index (χ0n) is 15.2. The predicted octanol–water partition coefficient (Wildman–Crippen LogP) is 2.11. The van der Waals surface area contributed by atoms with E-state index in [4.69, 9.17) is 9.47 Å². The van der Waals surface area contributed by atoms with Crippen LogP contribution in [0, 0.1) is 0 Å². The number of cyclic esters (lactones) is 1. The lowest BCUT2D eigenvalue weighted by atomic mass is 10.1. The van der Waals surface area contributed by atoms with E-state index in [1.54, 1.807) is 35.2 Å². The summed E-state index contributed by atoms with van der Waals surface area (Å²) < 4.78 is 10.3. The smallest absolute Gasteiger partial charge is 0.409 e. The van der Waals surface area contributed by atoms with E-state index in [-0.39, 0.29) is 12.0 Å². The van der Waals surface area contributed by atoms with Crippen molar-refractivity contribution in [3.8, 4) is 17.1 Å². The number of benzene rings is 1. The Balaban J connectivity index is 1.59. The molecule has 2 amide bonds. The van der Waals surface area contributed by atoms with Gasteiger partial charge in [-0.2, -0.15) is 0 Å². The van der Waals surface area contributed by atoms with Gasteiger partial charge in [-0.05, 0) is 31.5 Å². The summed E-state index contributed by atoms with van der Waals surface area (Å²) in [4.78, 5) is 25.6. The molecule has 0 saturated carbocycles. The fourth-order valence-electron chi connectivity index (χ4n) is 2.73. The summed E-state index contributed by atoms with van der Waals surface area (Å²) in [5.41, 5.74) is 1.96. The Kier molecular flexibility index (Phi) is 6.19. The van der Waals surface area contributed by atoms with Gasteiger partial charge in [-0.25, -0.2) is 4.79 Å². The van der Waals surface area contributed by atoms with E-state index in [0.717, 1.165) is 12.0 Å². The van der Waals surface area contributed by atoms with Crippen LogP contribution in [0.4, 0.5) is 4.79 Å². The van der Waals surface area contributed by atoms with Crippen molar-refractivity contribution in [1.29, 1.82) is 0 Å². The summed E-state index contributed by atoms with van der Waals surface area (Å²) in [6.07, 6.45) is 0.483. The third-order valence-electron chi connectivity index (χ3n) is 4.08. The molecule has 1 fully saturated rings. The highest BCUT2D eigenvalue weighted by atomic mass is 16.6. The number of aromatic nitrogens is 2. The van der Waals surface area contributed by atoms with E-state index in [0.29, 0.717) is 50.0 Å². The van der Waals surface area contributed by atoms with Crippen LogP contribution in [0.1, 0.15) is 23.7 Å². The standard InChI is InChI=1S/C19H22N4O4/c1-2-26-17-8-7-16(21-22-17)14-5-3-6-15(13-14)18(24)20-9-11-23-10-4-12-27-19(23)25/h3,5-8,13H,2,4,9-12H2,1H3,(H,20,24). The topological polar surface area (TPSA) is 93.7 Å². The molecule has 2 heterocycles. The maximum Gasteiger partial charge on any atom is 0.409 e. The lowest BCUT2D eigenvalue weighted by Gasteiger charge is -2.26. The first-order valence-electron chi connectivity index (χ1n) is 8.94. The minimum atomic E-state index is -0.327. The zero-order chi connectivity index (χ0) is 19.1. The van der Waals surface area contributed by atoms with Gasteiger partial charge in [-0.15, -0.1) is 10.2 Å². The molecule has 1 aliphatic rings. The number of hydrogen-bond donors (Lipinski definition) is 1. The Morgan fingerprint density at radius 2 is 2.19 bits per heavy atom. The second-order valence-electron chi connectivity index (χ2n) is 5.98. The maximum atomic E-state index is 12.4. The second-order valence-corrected chi connectivity index (χ2v) is 5.98. The third kappa shape index (κ3) is 4.93. The lowest BCUT2D eigenvalue weighted by Crippen LogP contribution is -2.42. The number of carbonyl (C=O) groups is 2. The Hall–Kier alpha value is -3.16. The summed E-state index contributed by atoms with van der Waals surface area (Å²) in [6.45, 7) is 4.31. The van der Waals surface area contributed by atoms with Crippen molar-refractivity contribution in [3.05, 3.63) is 42.0 Å². The van der Waals surface area contributed by atoms with Crippen LogP contribution in [0.2, 0.25) is 0 Å². The molecule has 0 unspecified atom stereocenters. The van der Waals surface area contributed by atoms with E-state index < -0.39 is 0 Å². The molecular weight excluding hydrogens is 348 g/mol. The highest BCUT2D eigenvalue weighted by Gasteiger charge is 2.19. The van der Waals surface area contributed by atoms with Gasteiger partial charge in [-0.3, -0.25) is 4.79 Å². The summed E-state index contributed by atoms with van der Waals surface area (Å²) in [5.74, 6) is 0.257. The molecular formula is C19H22N4O4. The molecule has 1 saturated heterocycles. The van der Waals surface area contributed by atoms with Gasteiger partial charge in [0.15, 0.2) is 0 Å². The van der Waals surface area contributed by atoms with Gasteiger partial charge in [0.1, 0.15) is 0 Å². The SMILES string of the molecule is CCOc1ccc(-c2cccc(C(=O)NCCN3CCCOC3=O)c2)nn1. The maximum absolute atomic E-state index is 12.4. The van der Waals surface area contributed by atoms with Crippen LogP contribution in [0.25, 0.3) is 11.3 Å². The molecule has 2 aromatic rings. The average molecular weight is 370 g/mol. The Bertz CT molecular complexity index is 795. The monoisotopic (exact) mass is 370 g/mol. The fraction of sp³-hybridized carbons (Fsp3) is 0.368. The van der Waals surface area contributed by atoms with E-state index in [2.05, 4.69) is 15.5 Å². The lowest BCUT2D eigenvalue weighted by molar-refractivity contribution is 0.0719. The highest BCUT2D eigenvalue weighted by molar-refractivity contribution is 5.95. The number of ether oxygens (including phenoxy) is 2. The molecule has 0 spiro atoms. The average Bonchev–Trinajstić information content (AvgIpc) is 2.70. The van der Waals surface area contributed by atoms with Gasteiger partial charge < -0.3 is 19.7 Å². The zero-order valence-corrected chi connectivity index (χ0v) is 15.2. The molecule has 1 aromatic heterocycles. The molecule has 0 bridgehead atoms. The van der Waals surface area contributed by atoms with Crippen molar-refractivity contribution in [2.24, 2.45) is 0 Å². The van der Waals surface area contributed by atoms with Gasteiger partial charge >= 0.3 is 6.09 Å². The van der Waals surface area contributed by atoms with Crippen molar-refractivity contribution >= 4 is 12.0 Å². The highest BCUT2D eigenvalue weighted by Crippen LogP contribution is 2.19. The molecule has 1 aromatic carbocycles. The largest absolute Gasteiger partial charge is 0.477 e. The van der Waals surface area contributed by atoms with Crippen molar-refractivity contribution in [2.75, 3.05) is 32.8 Å². The molecule has 0 radical (unpaired) electrons. The van der Waals surface area contributed by atoms with Crippen molar-refractivity contribution in [1.82, 2.24) is 20.4 Å². The van der Waals surface area contributed by atoms with Gasteiger partial charge in [0.05, 0.1) is 18.9 Å². The number of nitrogens with zero attached hydrogens (tertiary/aromatic N) is 3. The van der Waals surface area contributed by atoms with E-state index in [9.17, 15) is 9.59 Å². The first-order valence-corrected chi connectivity index (χ1v) is 8.94. The molecule has 1 N–H and O–H groups in total. The van der Waals surface area contributed by atoms with Crippen LogP contribution in [0.3, 0.4) is 0 Å². The number of rotatable bonds is 7. The van der Waals surface area contributed by atoms with E-state index >= 15 is 0 Å². The van der Waals surface area contributed by atoms with Crippen LogP contribution in [-0.2, 0) is 4.74 Å². The van der Waals surface area contributed by atoms with Crippen LogP contribution in [-0.4, -0.2) is 59.9 Å². The van der Waals surface area contributed by atoms with E-state index in [1.807, 2.05) is 13.0 Å². The fourth-order valence-corrected chi connectivity index (χ4v) is 2.73. The summed E-state index contributed by atoms with van der Waals surface area (Å²) in [7, 11) is 0. The first-order chi connectivity index (χ1) is 13.2. The minimum absolute atomic E-state index is 0.207. The number of nitrogens with one attached hydrogen (secondary N) is 1. The Morgan fingerprint density at radius 1 is 1.30 bits per heavy atom. The van der Waals surface area contributed by atoms with Gasteiger partial charge in [0.25, 0.3) is 5.91 Å². The quantitative estimate of drug-likeness (QED) is 0.802. The first kappa shape index (κ1) is 18.6. The Labute approximate surface area is 157 Å². The van der Waals surface area contributed by atoms with Crippen LogP contribution < -0.4 is 10.1 Å². The third-order valence-corrected chi connectivity index (χ3v) is 4.08. The van der Waals surface area contributed by atoms with E-state index in [1.165, 1.54) is 0 Å².